The third kappa shape index (κ3) is 5.72. The SMILES string of the molecule is Cc1ccc(CSCCNC(=O)CN2CCCCC2=O)cc1. The first-order chi connectivity index (χ1) is 10.6. The van der Waals surface area contributed by atoms with E-state index >= 15 is 0 Å². The van der Waals surface area contributed by atoms with Gasteiger partial charge in [-0.25, -0.2) is 0 Å². The maximum atomic E-state index is 11.8. The Morgan fingerprint density at radius 1 is 1.27 bits per heavy atom. The summed E-state index contributed by atoms with van der Waals surface area (Å²) in [5, 5.41) is 2.89. The highest BCUT2D eigenvalue weighted by atomic mass is 32.2. The maximum Gasteiger partial charge on any atom is 0.239 e. The smallest absolute Gasteiger partial charge is 0.239 e. The van der Waals surface area contributed by atoms with Gasteiger partial charge in [-0.1, -0.05) is 29.8 Å². The van der Waals surface area contributed by atoms with E-state index in [-0.39, 0.29) is 18.4 Å². The first-order valence-electron chi connectivity index (χ1n) is 7.83. The number of thioether (sulfide) groups is 1. The Kier molecular flexibility index (Phi) is 6.77. The average molecular weight is 320 g/mol. The molecule has 1 aliphatic rings. The van der Waals surface area contributed by atoms with Crippen LogP contribution in [-0.2, 0) is 15.3 Å². The maximum absolute atomic E-state index is 11.8. The minimum Gasteiger partial charge on any atom is -0.354 e. The number of hydrogen-bond acceptors (Lipinski definition) is 3. The quantitative estimate of drug-likeness (QED) is 0.785. The van der Waals surface area contributed by atoms with Crippen LogP contribution in [0.2, 0.25) is 0 Å². The molecule has 0 radical (unpaired) electrons. The molecule has 1 fully saturated rings. The number of amides is 2. The molecule has 22 heavy (non-hydrogen) atoms. The van der Waals surface area contributed by atoms with E-state index in [0.29, 0.717) is 19.5 Å². The first kappa shape index (κ1) is 16.9. The number of piperidine rings is 1. The van der Waals surface area contributed by atoms with E-state index in [1.165, 1.54) is 11.1 Å². The highest BCUT2D eigenvalue weighted by Crippen LogP contribution is 2.12. The molecule has 1 heterocycles. The Morgan fingerprint density at radius 2 is 2.05 bits per heavy atom. The first-order valence-corrected chi connectivity index (χ1v) is 8.98. The van der Waals surface area contributed by atoms with Gasteiger partial charge in [0.2, 0.25) is 11.8 Å². The van der Waals surface area contributed by atoms with Crippen LogP contribution in [0.1, 0.15) is 30.4 Å². The lowest BCUT2D eigenvalue weighted by atomic mass is 10.1. The molecule has 120 valence electrons. The lowest BCUT2D eigenvalue weighted by Crippen LogP contribution is -2.43. The predicted molar refractivity (Wildman–Crippen MR) is 90.8 cm³/mol. The molecule has 1 saturated heterocycles. The third-order valence-corrected chi connectivity index (χ3v) is 4.74. The molecular formula is C17H24N2O2S. The summed E-state index contributed by atoms with van der Waals surface area (Å²) in [6.45, 7) is 3.66. The normalized spacial score (nSPS) is 15.0. The molecule has 5 heteroatoms. The van der Waals surface area contributed by atoms with Crippen molar-refractivity contribution in [3.63, 3.8) is 0 Å². The van der Waals surface area contributed by atoms with Crippen molar-refractivity contribution in [1.82, 2.24) is 10.2 Å². The number of rotatable bonds is 7. The van der Waals surface area contributed by atoms with Gasteiger partial charge in [-0.15, -0.1) is 0 Å². The van der Waals surface area contributed by atoms with Crippen molar-refractivity contribution in [2.24, 2.45) is 0 Å². The molecular weight excluding hydrogens is 296 g/mol. The second kappa shape index (κ2) is 8.83. The molecule has 0 atom stereocenters. The van der Waals surface area contributed by atoms with Crippen LogP contribution in [-0.4, -0.2) is 42.1 Å². The van der Waals surface area contributed by atoms with Crippen molar-refractivity contribution in [1.29, 1.82) is 0 Å². The molecule has 0 aromatic heterocycles. The van der Waals surface area contributed by atoms with Crippen LogP contribution < -0.4 is 5.32 Å². The molecule has 0 saturated carbocycles. The van der Waals surface area contributed by atoms with Crippen LogP contribution in [0.3, 0.4) is 0 Å². The lowest BCUT2D eigenvalue weighted by Gasteiger charge is -2.25. The summed E-state index contributed by atoms with van der Waals surface area (Å²) in [5.41, 5.74) is 2.58. The second-order valence-corrected chi connectivity index (χ2v) is 6.77. The zero-order valence-corrected chi connectivity index (χ0v) is 14.0. The fraction of sp³-hybridized carbons (Fsp3) is 0.529. The molecule has 1 aliphatic heterocycles. The average Bonchev–Trinajstić information content (AvgIpc) is 2.51. The third-order valence-electron chi connectivity index (χ3n) is 3.71. The van der Waals surface area contributed by atoms with Gasteiger partial charge in [0, 0.05) is 31.0 Å². The molecule has 2 amide bonds. The minimum atomic E-state index is -0.0498. The largest absolute Gasteiger partial charge is 0.354 e. The van der Waals surface area contributed by atoms with E-state index in [9.17, 15) is 9.59 Å². The topological polar surface area (TPSA) is 49.4 Å². The number of hydrogen-bond donors (Lipinski definition) is 1. The fourth-order valence-electron chi connectivity index (χ4n) is 2.40. The van der Waals surface area contributed by atoms with Crippen LogP contribution in [0, 0.1) is 6.92 Å². The van der Waals surface area contributed by atoms with Crippen LogP contribution in [0.5, 0.6) is 0 Å². The number of benzene rings is 1. The van der Waals surface area contributed by atoms with Crippen molar-refractivity contribution in [3.8, 4) is 0 Å². The van der Waals surface area contributed by atoms with Gasteiger partial charge in [-0.3, -0.25) is 9.59 Å². The van der Waals surface area contributed by atoms with E-state index in [1.54, 1.807) is 16.7 Å². The highest BCUT2D eigenvalue weighted by molar-refractivity contribution is 7.98. The molecule has 0 spiro atoms. The lowest BCUT2D eigenvalue weighted by molar-refractivity contribution is -0.137. The van der Waals surface area contributed by atoms with Gasteiger partial charge < -0.3 is 10.2 Å². The van der Waals surface area contributed by atoms with Crippen molar-refractivity contribution in [2.75, 3.05) is 25.4 Å². The number of nitrogens with one attached hydrogen (secondary N) is 1. The Labute approximate surface area is 136 Å². The summed E-state index contributed by atoms with van der Waals surface area (Å²) in [5.74, 6) is 1.90. The summed E-state index contributed by atoms with van der Waals surface area (Å²) in [6, 6.07) is 8.52. The Bertz CT molecular complexity index is 502. The monoisotopic (exact) mass is 320 g/mol. The van der Waals surface area contributed by atoms with Crippen LogP contribution >= 0.6 is 11.8 Å². The number of nitrogens with zero attached hydrogens (tertiary/aromatic N) is 1. The molecule has 1 N–H and O–H groups in total. The molecule has 0 aliphatic carbocycles. The molecule has 0 unspecified atom stereocenters. The van der Waals surface area contributed by atoms with E-state index in [2.05, 4.69) is 36.5 Å². The summed E-state index contributed by atoms with van der Waals surface area (Å²) < 4.78 is 0. The Hall–Kier alpha value is -1.49. The van der Waals surface area contributed by atoms with Crippen LogP contribution in [0.4, 0.5) is 0 Å². The second-order valence-electron chi connectivity index (χ2n) is 5.66. The van der Waals surface area contributed by atoms with Crippen LogP contribution in [0.15, 0.2) is 24.3 Å². The van der Waals surface area contributed by atoms with Crippen molar-refractivity contribution in [2.45, 2.75) is 31.9 Å². The van der Waals surface area contributed by atoms with E-state index in [1.807, 2.05) is 0 Å². The molecule has 1 aromatic rings. The van der Waals surface area contributed by atoms with Gasteiger partial charge >= 0.3 is 0 Å². The summed E-state index contributed by atoms with van der Waals surface area (Å²) >= 11 is 1.81. The number of carbonyl (C=O) groups excluding carboxylic acids is 2. The van der Waals surface area contributed by atoms with Gasteiger partial charge in [-0.2, -0.15) is 11.8 Å². The van der Waals surface area contributed by atoms with E-state index < -0.39 is 0 Å². The molecule has 1 aromatic carbocycles. The number of aryl methyl sites for hydroxylation is 1. The number of carbonyl (C=O) groups is 2. The number of likely N-dealkylation sites (tertiary alicyclic amines) is 1. The summed E-state index contributed by atoms with van der Waals surface area (Å²) in [6.07, 6.45) is 2.54. The standard InChI is InChI=1S/C17H24N2O2S/c1-14-5-7-15(8-6-14)13-22-11-9-18-16(20)12-19-10-3-2-4-17(19)21/h5-8H,2-4,9-13H2,1H3,(H,18,20). The van der Waals surface area contributed by atoms with Gasteiger partial charge in [0.05, 0.1) is 6.54 Å². The zero-order valence-electron chi connectivity index (χ0n) is 13.1. The van der Waals surface area contributed by atoms with Crippen molar-refractivity contribution in [3.05, 3.63) is 35.4 Å². The Balaban J connectivity index is 1.57. The molecule has 0 bridgehead atoms. The van der Waals surface area contributed by atoms with Crippen molar-refractivity contribution < 1.29 is 9.59 Å². The minimum absolute atomic E-state index is 0.0498. The zero-order chi connectivity index (χ0) is 15.8. The van der Waals surface area contributed by atoms with Gasteiger partial charge in [0.1, 0.15) is 0 Å². The molecule has 2 rings (SSSR count). The summed E-state index contributed by atoms with van der Waals surface area (Å²) in [7, 11) is 0. The molecule has 4 nitrogen and oxygen atoms in total. The highest BCUT2D eigenvalue weighted by Gasteiger charge is 2.19. The van der Waals surface area contributed by atoms with Crippen LogP contribution in [0.25, 0.3) is 0 Å². The van der Waals surface area contributed by atoms with Crippen molar-refractivity contribution >= 4 is 23.6 Å². The predicted octanol–water partition coefficient (Wildman–Crippen LogP) is 2.36. The summed E-state index contributed by atoms with van der Waals surface area (Å²) in [4.78, 5) is 25.1. The van der Waals surface area contributed by atoms with E-state index in [4.69, 9.17) is 0 Å². The van der Waals surface area contributed by atoms with E-state index in [0.717, 1.165) is 24.3 Å². The Morgan fingerprint density at radius 3 is 2.77 bits per heavy atom. The van der Waals surface area contributed by atoms with Gasteiger partial charge in [0.25, 0.3) is 0 Å². The fourth-order valence-corrected chi connectivity index (χ4v) is 3.21. The van der Waals surface area contributed by atoms with Gasteiger partial charge in [-0.05, 0) is 25.3 Å². The van der Waals surface area contributed by atoms with Gasteiger partial charge in [0.15, 0.2) is 0 Å².